The minimum atomic E-state index is -4.38. The molecule has 0 saturated heterocycles. The second-order valence-electron chi connectivity index (χ2n) is 2.66. The van der Waals surface area contributed by atoms with E-state index in [2.05, 4.69) is 31.9 Å². The molecule has 6 heteroatoms. The van der Waals surface area contributed by atoms with E-state index in [9.17, 15) is 13.0 Å². The Morgan fingerprint density at radius 1 is 1.21 bits per heavy atom. The van der Waals surface area contributed by atoms with Gasteiger partial charge in [0.05, 0.1) is 4.90 Å². The normalized spacial score (nSPS) is 11.6. The molecule has 1 aromatic carbocycles. The van der Waals surface area contributed by atoms with Gasteiger partial charge in [0.2, 0.25) is 0 Å². The zero-order valence-electron chi connectivity index (χ0n) is 7.04. The minimum Gasteiger partial charge on any atom is -0.744 e. The summed E-state index contributed by atoms with van der Waals surface area (Å²) in [6.07, 6.45) is 0. The first-order valence-electron chi connectivity index (χ1n) is 3.68. The molecule has 0 amide bonds. The van der Waals surface area contributed by atoms with Crippen LogP contribution in [0.4, 0.5) is 0 Å². The fourth-order valence-electron chi connectivity index (χ4n) is 1.03. The molecule has 0 saturated carbocycles. The maximum Gasteiger partial charge on any atom is 0.124 e. The molecule has 1 rings (SSSR count). The molecule has 0 aromatic heterocycles. The highest BCUT2D eigenvalue weighted by atomic mass is 79.9. The van der Waals surface area contributed by atoms with Crippen LogP contribution in [0.3, 0.4) is 0 Å². The summed E-state index contributed by atoms with van der Waals surface area (Å²) in [6, 6.07) is 4.81. The second-order valence-corrected chi connectivity index (χ2v) is 5.13. The van der Waals surface area contributed by atoms with Crippen molar-refractivity contribution < 1.29 is 13.0 Å². The average molecular weight is 343 g/mol. The average Bonchev–Trinajstić information content (AvgIpc) is 2.15. The van der Waals surface area contributed by atoms with Gasteiger partial charge in [0, 0.05) is 10.7 Å². The highest BCUT2D eigenvalue weighted by Crippen LogP contribution is 2.21. The second kappa shape index (κ2) is 4.74. The Morgan fingerprint density at radius 3 is 2.29 bits per heavy atom. The molecule has 0 aliphatic heterocycles. The van der Waals surface area contributed by atoms with Crippen molar-refractivity contribution in [1.82, 2.24) is 0 Å². The molecule has 0 spiro atoms. The van der Waals surface area contributed by atoms with Crippen LogP contribution in [0.15, 0.2) is 23.1 Å². The highest BCUT2D eigenvalue weighted by Gasteiger charge is 2.08. The summed E-state index contributed by atoms with van der Waals surface area (Å²) in [5.74, 6) is 0. The van der Waals surface area contributed by atoms with Crippen molar-refractivity contribution in [3.63, 3.8) is 0 Å². The van der Waals surface area contributed by atoms with E-state index in [1.54, 1.807) is 12.1 Å². The SMILES string of the molecule is O=S(=O)([O-])c1cc(CBr)ccc1CBr. The van der Waals surface area contributed by atoms with E-state index in [0.29, 0.717) is 16.2 Å². The van der Waals surface area contributed by atoms with Crippen LogP contribution in [-0.4, -0.2) is 13.0 Å². The third-order valence-corrected chi connectivity index (χ3v) is 3.87. The van der Waals surface area contributed by atoms with Crippen LogP contribution < -0.4 is 0 Å². The van der Waals surface area contributed by atoms with Crippen LogP contribution >= 0.6 is 31.9 Å². The van der Waals surface area contributed by atoms with E-state index in [-0.39, 0.29) is 4.90 Å². The van der Waals surface area contributed by atoms with Crippen molar-refractivity contribution >= 4 is 42.0 Å². The van der Waals surface area contributed by atoms with Crippen LogP contribution in [0, 0.1) is 0 Å². The topological polar surface area (TPSA) is 57.2 Å². The smallest absolute Gasteiger partial charge is 0.124 e. The van der Waals surface area contributed by atoms with Gasteiger partial charge in [-0.05, 0) is 17.2 Å². The summed E-state index contributed by atoms with van der Waals surface area (Å²) < 4.78 is 32.7. The van der Waals surface area contributed by atoms with E-state index in [0.717, 1.165) is 5.56 Å². The lowest BCUT2D eigenvalue weighted by molar-refractivity contribution is 0.462. The van der Waals surface area contributed by atoms with Gasteiger partial charge in [-0.2, -0.15) is 0 Å². The monoisotopic (exact) mass is 341 g/mol. The summed E-state index contributed by atoms with van der Waals surface area (Å²) in [5, 5.41) is 0.879. The molecular formula is C8H7Br2O3S-. The van der Waals surface area contributed by atoms with Gasteiger partial charge in [-0.3, -0.25) is 0 Å². The number of hydrogen-bond donors (Lipinski definition) is 0. The Labute approximate surface area is 99.5 Å². The molecule has 0 heterocycles. The maximum atomic E-state index is 10.9. The van der Waals surface area contributed by atoms with Gasteiger partial charge in [-0.15, -0.1) is 0 Å². The Hall–Kier alpha value is 0.0900. The Kier molecular flexibility index (Phi) is 4.12. The van der Waals surface area contributed by atoms with Gasteiger partial charge in [-0.1, -0.05) is 44.0 Å². The zero-order valence-corrected chi connectivity index (χ0v) is 11.0. The van der Waals surface area contributed by atoms with Gasteiger partial charge >= 0.3 is 0 Å². The van der Waals surface area contributed by atoms with Crippen LogP contribution in [0.1, 0.15) is 11.1 Å². The van der Waals surface area contributed by atoms with Gasteiger partial charge in [0.25, 0.3) is 0 Å². The Balaban J connectivity index is 3.37. The molecule has 78 valence electrons. The summed E-state index contributed by atoms with van der Waals surface area (Å²) in [4.78, 5) is -0.147. The third-order valence-electron chi connectivity index (χ3n) is 1.70. The lowest BCUT2D eigenvalue weighted by Crippen LogP contribution is -2.03. The lowest BCUT2D eigenvalue weighted by atomic mass is 10.2. The molecule has 0 atom stereocenters. The van der Waals surface area contributed by atoms with Gasteiger partial charge in [0.1, 0.15) is 10.1 Å². The molecule has 1 aromatic rings. The first kappa shape index (κ1) is 12.2. The van der Waals surface area contributed by atoms with Crippen molar-refractivity contribution in [2.75, 3.05) is 0 Å². The maximum absolute atomic E-state index is 10.9. The third kappa shape index (κ3) is 2.79. The molecule has 0 bridgehead atoms. The molecule has 0 N–H and O–H groups in total. The molecule has 14 heavy (non-hydrogen) atoms. The zero-order chi connectivity index (χ0) is 10.8. The van der Waals surface area contributed by atoms with Crippen molar-refractivity contribution in [1.29, 1.82) is 0 Å². The van der Waals surface area contributed by atoms with Crippen LogP contribution in [0.2, 0.25) is 0 Å². The predicted octanol–water partition coefficient (Wildman–Crippen LogP) is 2.38. The van der Waals surface area contributed by atoms with Crippen molar-refractivity contribution in [3.05, 3.63) is 29.3 Å². The van der Waals surface area contributed by atoms with Gasteiger partial charge < -0.3 is 4.55 Å². The summed E-state index contributed by atoms with van der Waals surface area (Å²) in [6.45, 7) is 0. The number of halogens is 2. The highest BCUT2D eigenvalue weighted by molar-refractivity contribution is 9.08. The van der Waals surface area contributed by atoms with E-state index >= 15 is 0 Å². The number of rotatable bonds is 3. The van der Waals surface area contributed by atoms with E-state index < -0.39 is 10.1 Å². The molecule has 0 aliphatic carbocycles. The van der Waals surface area contributed by atoms with E-state index in [1.165, 1.54) is 6.07 Å². The summed E-state index contributed by atoms with van der Waals surface area (Å²) in [7, 11) is -4.38. The van der Waals surface area contributed by atoms with Crippen molar-refractivity contribution in [2.45, 2.75) is 15.6 Å². The summed E-state index contributed by atoms with van der Waals surface area (Å²) >= 11 is 6.33. The number of alkyl halides is 2. The Bertz CT molecular complexity index is 428. The van der Waals surface area contributed by atoms with Gasteiger partial charge in [0.15, 0.2) is 0 Å². The van der Waals surface area contributed by atoms with Gasteiger partial charge in [-0.25, -0.2) is 8.42 Å². The Morgan fingerprint density at radius 2 is 1.86 bits per heavy atom. The molecule has 0 aliphatic rings. The summed E-state index contributed by atoms with van der Waals surface area (Å²) in [5.41, 5.74) is 1.26. The van der Waals surface area contributed by atoms with Crippen LogP contribution in [0.25, 0.3) is 0 Å². The fraction of sp³-hybridized carbons (Fsp3) is 0.250. The molecule has 0 fully saturated rings. The lowest BCUT2D eigenvalue weighted by Gasteiger charge is -2.12. The van der Waals surface area contributed by atoms with Crippen molar-refractivity contribution in [2.24, 2.45) is 0 Å². The van der Waals surface area contributed by atoms with E-state index in [1.807, 2.05) is 0 Å². The molecular weight excluding hydrogens is 336 g/mol. The predicted molar refractivity (Wildman–Crippen MR) is 59.7 cm³/mol. The fourth-order valence-corrected chi connectivity index (χ4v) is 2.81. The quantitative estimate of drug-likeness (QED) is 0.626. The molecule has 0 unspecified atom stereocenters. The first-order chi connectivity index (χ1) is 6.49. The van der Waals surface area contributed by atoms with Crippen LogP contribution in [0.5, 0.6) is 0 Å². The number of benzene rings is 1. The first-order valence-corrected chi connectivity index (χ1v) is 7.33. The van der Waals surface area contributed by atoms with Crippen LogP contribution in [-0.2, 0) is 20.8 Å². The number of hydrogen-bond acceptors (Lipinski definition) is 3. The molecule has 3 nitrogen and oxygen atoms in total. The largest absolute Gasteiger partial charge is 0.744 e. The van der Waals surface area contributed by atoms with E-state index in [4.69, 9.17) is 0 Å². The standard InChI is InChI=1S/C8H8Br2O3S/c9-4-6-1-2-7(5-10)8(3-6)14(11,12)13/h1-3H,4-5H2,(H,11,12,13)/p-1. The minimum absolute atomic E-state index is 0.147. The van der Waals surface area contributed by atoms with Crippen molar-refractivity contribution in [3.8, 4) is 0 Å². The molecule has 0 radical (unpaired) electrons.